The van der Waals surface area contributed by atoms with Crippen LogP contribution in [-0.2, 0) is 29.6 Å². The van der Waals surface area contributed by atoms with Crippen LogP contribution in [0.25, 0.3) is 10.9 Å². The normalized spacial score (nSPS) is 26.8. The first-order chi connectivity index (χ1) is 17.3. The van der Waals surface area contributed by atoms with Gasteiger partial charge in [0, 0.05) is 29.7 Å². The molecule has 1 saturated heterocycles. The molecule has 5 nitrogen and oxygen atoms in total. The van der Waals surface area contributed by atoms with E-state index in [0.29, 0.717) is 25.2 Å². The highest BCUT2D eigenvalue weighted by molar-refractivity contribution is 6.06. The Morgan fingerprint density at radius 2 is 1.97 bits per heavy atom. The van der Waals surface area contributed by atoms with Crippen molar-refractivity contribution in [2.24, 2.45) is 5.92 Å². The van der Waals surface area contributed by atoms with Crippen LogP contribution in [-0.4, -0.2) is 39.5 Å². The Kier molecular flexibility index (Phi) is 4.52. The Hall–Kier alpha value is -3.52. The highest BCUT2D eigenvalue weighted by Crippen LogP contribution is 2.47. The molecule has 2 aliphatic carbocycles. The molecule has 7 rings (SSSR count). The van der Waals surface area contributed by atoms with Gasteiger partial charge in [0.25, 0.3) is 0 Å². The summed E-state index contributed by atoms with van der Waals surface area (Å²) in [5, 5.41) is 3.94. The van der Waals surface area contributed by atoms with Gasteiger partial charge in [-0.25, -0.2) is 4.98 Å². The summed E-state index contributed by atoms with van der Waals surface area (Å²) < 4.78 is 39.8. The van der Waals surface area contributed by atoms with E-state index in [2.05, 4.69) is 27.3 Å². The van der Waals surface area contributed by atoms with E-state index in [1.165, 1.54) is 12.2 Å². The third-order valence-electron chi connectivity index (χ3n) is 8.22. The first-order valence-corrected chi connectivity index (χ1v) is 12.2. The minimum atomic E-state index is -4.33. The zero-order valence-corrected chi connectivity index (χ0v) is 19.3. The number of rotatable bonds is 2. The van der Waals surface area contributed by atoms with Crippen molar-refractivity contribution in [1.29, 1.82) is 0 Å². The van der Waals surface area contributed by atoms with Crippen molar-refractivity contribution in [1.82, 2.24) is 14.9 Å². The van der Waals surface area contributed by atoms with Gasteiger partial charge in [-0.1, -0.05) is 30.4 Å². The number of allylic oxidation sites excluding steroid dienone is 2. The van der Waals surface area contributed by atoms with Crippen LogP contribution in [0.3, 0.4) is 0 Å². The molecule has 1 fully saturated rings. The van der Waals surface area contributed by atoms with Crippen molar-refractivity contribution in [3.63, 3.8) is 0 Å². The number of aromatic nitrogens is 2. The molecule has 0 bridgehead atoms. The molecule has 1 N–H and O–H groups in total. The van der Waals surface area contributed by atoms with E-state index in [1.807, 2.05) is 24.3 Å². The zero-order chi connectivity index (χ0) is 24.7. The fourth-order valence-electron chi connectivity index (χ4n) is 6.42. The van der Waals surface area contributed by atoms with Crippen LogP contribution in [0, 0.1) is 5.92 Å². The molecule has 4 aliphatic rings. The van der Waals surface area contributed by atoms with E-state index < -0.39 is 17.2 Å². The van der Waals surface area contributed by atoms with Gasteiger partial charge < -0.3 is 5.32 Å². The number of nitrogens with zero attached hydrogens (tertiary/aromatic N) is 3. The molecule has 2 aromatic heterocycles. The number of carbonyl (C=O) groups excluding carboxylic acids is 1. The number of fused-ring (bicyclic) bond motifs is 5. The zero-order valence-electron chi connectivity index (χ0n) is 19.3. The van der Waals surface area contributed by atoms with Gasteiger partial charge in [-0.2, -0.15) is 13.2 Å². The number of hydrogen-bond acceptors (Lipinski definition) is 4. The molecule has 3 unspecified atom stereocenters. The van der Waals surface area contributed by atoms with Crippen LogP contribution in [0.1, 0.15) is 28.8 Å². The number of carbonyl (C=O) groups is 1. The first kappa shape index (κ1) is 21.7. The molecule has 36 heavy (non-hydrogen) atoms. The summed E-state index contributed by atoms with van der Waals surface area (Å²) in [6.07, 6.45) is 3.70. The number of pyridine rings is 2. The van der Waals surface area contributed by atoms with E-state index >= 15 is 0 Å². The number of nitrogens with one attached hydrogen (secondary N) is 1. The molecule has 8 heteroatoms. The maximum Gasteiger partial charge on any atom is 0.416 e. The van der Waals surface area contributed by atoms with Crippen molar-refractivity contribution >= 4 is 22.6 Å². The lowest BCUT2D eigenvalue weighted by Gasteiger charge is -2.27. The summed E-state index contributed by atoms with van der Waals surface area (Å²) in [6, 6.07) is 11.8. The Morgan fingerprint density at radius 3 is 2.81 bits per heavy atom. The molecule has 182 valence electrons. The highest BCUT2D eigenvalue weighted by atomic mass is 19.4. The number of alkyl halides is 3. The number of likely N-dealkylation sites (tertiary alicyclic amines) is 1. The van der Waals surface area contributed by atoms with Crippen LogP contribution >= 0.6 is 0 Å². The number of anilines is 1. The Balaban J connectivity index is 1.17. The number of amides is 1. The van der Waals surface area contributed by atoms with Gasteiger partial charge in [0.05, 0.1) is 22.2 Å². The lowest BCUT2D eigenvalue weighted by atomic mass is 9.79. The summed E-state index contributed by atoms with van der Waals surface area (Å²) in [6.45, 7) is 1.23. The molecule has 3 aromatic rings. The van der Waals surface area contributed by atoms with Gasteiger partial charge in [-0.05, 0) is 67.1 Å². The molecule has 0 saturated carbocycles. The third kappa shape index (κ3) is 3.24. The van der Waals surface area contributed by atoms with Gasteiger partial charge >= 0.3 is 6.18 Å². The van der Waals surface area contributed by atoms with Gasteiger partial charge in [-0.15, -0.1) is 0 Å². The molecule has 4 heterocycles. The van der Waals surface area contributed by atoms with Crippen LogP contribution in [0.15, 0.2) is 66.4 Å². The van der Waals surface area contributed by atoms with Crippen LogP contribution in [0.2, 0.25) is 0 Å². The SMILES string of the molecule is O=C1Nc2ncccc2C12Cc1cc3ccc(CN4CCC5C=CC(C(F)(F)F)=CC54)nc3cc1C2. The Bertz CT molecular complexity index is 1490. The average molecular weight is 489 g/mol. The maximum absolute atomic E-state index is 13.3. The van der Waals surface area contributed by atoms with Crippen LogP contribution < -0.4 is 5.32 Å². The third-order valence-corrected chi connectivity index (χ3v) is 8.22. The fraction of sp³-hybridized carbons (Fsp3) is 0.321. The minimum absolute atomic E-state index is 0.0125. The van der Waals surface area contributed by atoms with E-state index in [0.717, 1.165) is 46.3 Å². The second kappa shape index (κ2) is 7.49. The molecule has 3 atom stereocenters. The predicted molar refractivity (Wildman–Crippen MR) is 129 cm³/mol. The molecule has 1 aromatic carbocycles. The van der Waals surface area contributed by atoms with Crippen molar-refractivity contribution in [2.45, 2.75) is 43.4 Å². The summed E-state index contributed by atoms with van der Waals surface area (Å²) in [4.78, 5) is 24.3. The molecule has 0 radical (unpaired) electrons. The quantitative estimate of drug-likeness (QED) is 0.560. The second-order valence-electron chi connectivity index (χ2n) is 10.3. The molecule has 2 aliphatic heterocycles. The maximum atomic E-state index is 13.3. The molecular formula is C28H23F3N4O. The minimum Gasteiger partial charge on any atom is -0.310 e. The number of halogens is 3. The average Bonchev–Trinajstić information content (AvgIpc) is 3.51. The van der Waals surface area contributed by atoms with E-state index in [1.54, 1.807) is 12.3 Å². The van der Waals surface area contributed by atoms with Gasteiger partial charge in [0.1, 0.15) is 5.82 Å². The van der Waals surface area contributed by atoms with Crippen LogP contribution in [0.4, 0.5) is 19.0 Å². The fourth-order valence-corrected chi connectivity index (χ4v) is 6.42. The van der Waals surface area contributed by atoms with Crippen LogP contribution in [0.5, 0.6) is 0 Å². The van der Waals surface area contributed by atoms with Gasteiger partial charge in [0.15, 0.2) is 0 Å². The number of hydrogen-bond donors (Lipinski definition) is 1. The van der Waals surface area contributed by atoms with Crippen molar-refractivity contribution < 1.29 is 18.0 Å². The largest absolute Gasteiger partial charge is 0.416 e. The monoisotopic (exact) mass is 488 g/mol. The lowest BCUT2D eigenvalue weighted by Crippen LogP contribution is -2.35. The molecular weight excluding hydrogens is 465 g/mol. The van der Waals surface area contributed by atoms with Crippen molar-refractivity contribution in [3.8, 4) is 0 Å². The molecule has 1 spiro atoms. The summed E-state index contributed by atoms with van der Waals surface area (Å²) in [5.74, 6) is 0.733. The summed E-state index contributed by atoms with van der Waals surface area (Å²) in [7, 11) is 0. The van der Waals surface area contributed by atoms with Crippen molar-refractivity contribution in [2.75, 3.05) is 11.9 Å². The van der Waals surface area contributed by atoms with E-state index in [9.17, 15) is 18.0 Å². The lowest BCUT2D eigenvalue weighted by molar-refractivity contribution is -0.120. The number of benzene rings is 1. The van der Waals surface area contributed by atoms with E-state index in [4.69, 9.17) is 4.98 Å². The Labute approximate surface area is 205 Å². The van der Waals surface area contributed by atoms with Crippen molar-refractivity contribution in [3.05, 3.63) is 88.8 Å². The van der Waals surface area contributed by atoms with Gasteiger partial charge in [0.2, 0.25) is 5.91 Å². The van der Waals surface area contributed by atoms with Gasteiger partial charge in [-0.3, -0.25) is 14.7 Å². The molecule has 1 amide bonds. The summed E-state index contributed by atoms with van der Waals surface area (Å²) >= 11 is 0. The smallest absolute Gasteiger partial charge is 0.310 e. The predicted octanol–water partition coefficient (Wildman–Crippen LogP) is 4.87. The van der Waals surface area contributed by atoms with E-state index in [-0.39, 0.29) is 17.9 Å². The second-order valence-corrected chi connectivity index (χ2v) is 10.3. The Morgan fingerprint density at radius 1 is 1.14 bits per heavy atom. The first-order valence-electron chi connectivity index (χ1n) is 12.2. The standard InChI is InChI=1S/C28H23F3N4O/c29-28(30,31)20-5-3-16-7-9-35(24(16)12-20)15-21-6-4-17-10-18-13-27(14-19(18)11-23(17)33-21)22-2-1-8-32-25(22)34-26(27)36/h1-6,8,10-12,16,24H,7,9,13-15H2,(H,32,34,36). The summed E-state index contributed by atoms with van der Waals surface area (Å²) in [5.41, 5.74) is 3.67. The highest BCUT2D eigenvalue weighted by Gasteiger charge is 2.51. The topological polar surface area (TPSA) is 58.1 Å².